The second-order valence-electron chi connectivity index (χ2n) is 6.04. The third kappa shape index (κ3) is 5.86. The summed E-state index contributed by atoms with van der Waals surface area (Å²) in [4.78, 5) is 3.74. The van der Waals surface area contributed by atoms with Gasteiger partial charge < -0.3 is 14.2 Å². The largest absolute Gasteiger partial charge is 0.486 e. The van der Waals surface area contributed by atoms with Gasteiger partial charge >= 0.3 is 0 Å². The molecule has 0 fully saturated rings. The molecule has 0 aromatic heterocycles. The molecule has 4 heteroatoms. The van der Waals surface area contributed by atoms with Crippen LogP contribution in [0.1, 0.15) is 6.92 Å². The van der Waals surface area contributed by atoms with Crippen LogP contribution in [-0.4, -0.2) is 33.0 Å². The van der Waals surface area contributed by atoms with Crippen LogP contribution < -0.4 is 4.74 Å². The Morgan fingerprint density at radius 1 is 0.607 bits per heavy atom. The summed E-state index contributed by atoms with van der Waals surface area (Å²) >= 11 is 0. The minimum Gasteiger partial charge on any atom is -0.486 e. The normalized spacial score (nSPS) is 10.9. The van der Waals surface area contributed by atoms with Crippen LogP contribution in [0.3, 0.4) is 0 Å². The average molecular weight is 396 g/mol. The Kier molecular flexibility index (Phi) is 8.44. The highest BCUT2D eigenvalue weighted by Crippen LogP contribution is 2.36. The number of hydrogen-bond donors (Lipinski definition) is 0. The maximum absolute atomic E-state index is 6.11. The minimum absolute atomic E-state index is 0.224. The Labute approximate surface area is 170 Å². The summed E-state index contributed by atoms with van der Waals surface area (Å²) in [6.07, 6.45) is 0. The molecule has 0 aliphatic rings. The number of rotatable bonds is 11. The van der Waals surface area contributed by atoms with Gasteiger partial charge in [0.1, 0.15) is 17.5 Å². The van der Waals surface area contributed by atoms with Crippen molar-refractivity contribution in [2.75, 3.05) is 33.0 Å². The first kappa shape index (κ1) is 20.5. The molecule has 0 atom stereocenters. The lowest BCUT2D eigenvalue weighted by molar-refractivity contribution is 0.0401. The van der Waals surface area contributed by atoms with Crippen molar-refractivity contribution >= 4 is 10.9 Å². The zero-order valence-electron chi connectivity index (χ0n) is 16.3. The molecule has 0 saturated heterocycles. The van der Waals surface area contributed by atoms with Crippen molar-refractivity contribution in [1.29, 1.82) is 0 Å². The van der Waals surface area contributed by atoms with E-state index in [1.165, 1.54) is 14.7 Å². The van der Waals surface area contributed by atoms with E-state index >= 15 is 0 Å². The predicted octanol–water partition coefficient (Wildman–Crippen LogP) is 5.21. The van der Waals surface area contributed by atoms with E-state index < -0.39 is 0 Å². The van der Waals surface area contributed by atoms with Crippen molar-refractivity contribution in [2.45, 2.75) is 21.6 Å². The van der Waals surface area contributed by atoms with Gasteiger partial charge in [-0.2, -0.15) is 0 Å². The third-order valence-electron chi connectivity index (χ3n) is 4.09. The molecule has 0 aliphatic carbocycles. The van der Waals surface area contributed by atoms with Gasteiger partial charge in [-0.1, -0.05) is 48.5 Å². The Bertz CT molecular complexity index is 769. The van der Waals surface area contributed by atoms with Crippen molar-refractivity contribution in [3.63, 3.8) is 0 Å². The molecule has 146 valence electrons. The van der Waals surface area contributed by atoms with Crippen LogP contribution in [0.4, 0.5) is 0 Å². The lowest BCUT2D eigenvalue weighted by Crippen LogP contribution is -2.13. The zero-order chi connectivity index (χ0) is 19.4. The highest BCUT2D eigenvalue weighted by atomic mass is 32.2. The number of benzene rings is 3. The first-order chi connectivity index (χ1) is 13.9. The Morgan fingerprint density at radius 3 is 1.79 bits per heavy atom. The summed E-state index contributed by atoms with van der Waals surface area (Å²) < 4.78 is 17.0. The van der Waals surface area contributed by atoms with E-state index in [0.717, 1.165) is 5.75 Å². The molecule has 0 N–H and O–H groups in total. The van der Waals surface area contributed by atoms with Crippen LogP contribution in [0.25, 0.3) is 0 Å². The van der Waals surface area contributed by atoms with Crippen LogP contribution in [0.2, 0.25) is 0 Å². The zero-order valence-corrected chi connectivity index (χ0v) is 17.1. The molecule has 3 rings (SSSR count). The molecule has 0 radical (unpaired) electrons. The van der Waals surface area contributed by atoms with E-state index in [-0.39, 0.29) is 10.9 Å². The minimum atomic E-state index is -0.224. The van der Waals surface area contributed by atoms with Gasteiger partial charge in [0.2, 0.25) is 4.90 Å². The fraction of sp³-hybridized carbons (Fsp3) is 0.250. The molecule has 0 saturated carbocycles. The first-order valence-electron chi connectivity index (χ1n) is 9.62. The lowest BCUT2D eigenvalue weighted by Gasteiger charge is -2.13. The fourth-order valence-electron chi connectivity index (χ4n) is 2.82. The number of ether oxygens (including phenoxy) is 3. The highest BCUT2D eigenvalue weighted by Gasteiger charge is 2.31. The van der Waals surface area contributed by atoms with Crippen molar-refractivity contribution < 1.29 is 14.2 Å². The molecule has 0 bridgehead atoms. The first-order valence-corrected chi connectivity index (χ1v) is 10.8. The van der Waals surface area contributed by atoms with Gasteiger partial charge in [-0.05, 0) is 43.3 Å². The molecular formula is C24H27O3S+. The Balaban J connectivity index is 1.76. The quantitative estimate of drug-likeness (QED) is 0.329. The van der Waals surface area contributed by atoms with E-state index in [4.69, 9.17) is 14.2 Å². The second-order valence-corrected chi connectivity index (χ2v) is 8.03. The molecule has 0 spiro atoms. The van der Waals surface area contributed by atoms with E-state index in [1.54, 1.807) is 0 Å². The summed E-state index contributed by atoms with van der Waals surface area (Å²) in [5.41, 5.74) is 0. The molecule has 0 aliphatic heterocycles. The summed E-state index contributed by atoms with van der Waals surface area (Å²) in [7, 11) is -0.224. The Hall–Kier alpha value is -2.27. The van der Waals surface area contributed by atoms with Gasteiger partial charge in [0.05, 0.1) is 19.8 Å². The van der Waals surface area contributed by atoms with Crippen molar-refractivity contribution in [3.8, 4) is 5.75 Å². The summed E-state index contributed by atoms with van der Waals surface area (Å²) in [6, 6.07) is 29.5. The SMILES string of the molecule is CCOCCOCCOc1ccccc1[S+](c1ccccc1)c1ccccc1. The van der Waals surface area contributed by atoms with Gasteiger partial charge in [0, 0.05) is 6.61 Å². The van der Waals surface area contributed by atoms with Gasteiger partial charge in [0.25, 0.3) is 0 Å². The number of hydrogen-bond acceptors (Lipinski definition) is 3. The highest BCUT2D eigenvalue weighted by molar-refractivity contribution is 7.97. The molecule has 0 heterocycles. The maximum atomic E-state index is 6.11. The van der Waals surface area contributed by atoms with Crippen LogP contribution in [0.5, 0.6) is 5.75 Å². The third-order valence-corrected chi connectivity index (χ3v) is 6.35. The van der Waals surface area contributed by atoms with Crippen LogP contribution in [0.15, 0.2) is 99.6 Å². The molecule has 3 nitrogen and oxygen atoms in total. The van der Waals surface area contributed by atoms with Gasteiger partial charge in [-0.3, -0.25) is 0 Å². The van der Waals surface area contributed by atoms with E-state index in [9.17, 15) is 0 Å². The van der Waals surface area contributed by atoms with Crippen LogP contribution in [-0.2, 0) is 20.4 Å². The topological polar surface area (TPSA) is 27.7 Å². The van der Waals surface area contributed by atoms with Crippen LogP contribution >= 0.6 is 0 Å². The predicted molar refractivity (Wildman–Crippen MR) is 114 cm³/mol. The molecule has 3 aromatic carbocycles. The van der Waals surface area contributed by atoms with Crippen LogP contribution in [0, 0.1) is 0 Å². The van der Waals surface area contributed by atoms with Crippen molar-refractivity contribution in [3.05, 3.63) is 84.9 Å². The van der Waals surface area contributed by atoms with E-state index in [0.29, 0.717) is 33.0 Å². The van der Waals surface area contributed by atoms with E-state index in [1.807, 2.05) is 19.1 Å². The van der Waals surface area contributed by atoms with Gasteiger partial charge in [-0.25, -0.2) is 0 Å². The Morgan fingerprint density at radius 2 is 1.14 bits per heavy atom. The summed E-state index contributed by atoms with van der Waals surface area (Å²) in [6.45, 7) is 4.98. The molecule has 0 amide bonds. The second kappa shape index (κ2) is 11.5. The van der Waals surface area contributed by atoms with Gasteiger partial charge in [0.15, 0.2) is 15.5 Å². The van der Waals surface area contributed by atoms with Crippen molar-refractivity contribution in [1.82, 2.24) is 0 Å². The maximum Gasteiger partial charge on any atom is 0.208 e. The smallest absolute Gasteiger partial charge is 0.208 e. The molecule has 0 unspecified atom stereocenters. The number of para-hydroxylation sites is 1. The lowest BCUT2D eigenvalue weighted by atomic mass is 10.3. The standard InChI is InChI=1S/C24H27O3S/c1-2-25-17-18-26-19-20-27-23-15-9-10-16-24(23)28(21-11-5-3-6-12-21)22-13-7-4-8-14-22/h3-16H,2,17-20H2,1H3/q+1. The van der Waals surface area contributed by atoms with Gasteiger partial charge in [-0.15, -0.1) is 0 Å². The monoisotopic (exact) mass is 395 g/mol. The average Bonchev–Trinajstić information content (AvgIpc) is 2.76. The summed E-state index contributed by atoms with van der Waals surface area (Å²) in [5, 5.41) is 0. The van der Waals surface area contributed by atoms with Crippen molar-refractivity contribution in [2.24, 2.45) is 0 Å². The fourth-order valence-corrected chi connectivity index (χ4v) is 5.00. The molecule has 28 heavy (non-hydrogen) atoms. The summed E-state index contributed by atoms with van der Waals surface area (Å²) in [5.74, 6) is 0.909. The van der Waals surface area contributed by atoms with E-state index in [2.05, 4.69) is 72.8 Å². The molecule has 3 aromatic rings. The molecular weight excluding hydrogens is 368 g/mol.